The van der Waals surface area contributed by atoms with Crippen LogP contribution in [0.2, 0.25) is 0 Å². The van der Waals surface area contributed by atoms with Gasteiger partial charge in [0.25, 0.3) is 0 Å². The summed E-state index contributed by atoms with van der Waals surface area (Å²) >= 11 is 0. The van der Waals surface area contributed by atoms with Crippen molar-refractivity contribution in [3.8, 4) is 5.75 Å². The maximum Gasteiger partial charge on any atom is 0.224 e. The fraction of sp³-hybridized carbons (Fsp3) is 0.400. The SMILES string of the molecule is COc1ccc2c(c1)CC[C@H]1CCC(=O)NC1=C2. The third-order valence-corrected chi connectivity index (χ3v) is 3.87. The molecular weight excluding hydrogens is 226 g/mol. The third kappa shape index (κ3) is 2.01. The quantitative estimate of drug-likeness (QED) is 0.823. The lowest BCUT2D eigenvalue weighted by molar-refractivity contribution is -0.121. The first-order valence-corrected chi connectivity index (χ1v) is 6.44. The van der Waals surface area contributed by atoms with Crippen molar-refractivity contribution in [1.29, 1.82) is 0 Å². The van der Waals surface area contributed by atoms with Crippen molar-refractivity contribution in [2.24, 2.45) is 5.92 Å². The number of amides is 1. The van der Waals surface area contributed by atoms with Crippen molar-refractivity contribution < 1.29 is 9.53 Å². The van der Waals surface area contributed by atoms with Crippen molar-refractivity contribution in [3.05, 3.63) is 35.0 Å². The number of ether oxygens (including phenoxy) is 1. The minimum Gasteiger partial charge on any atom is -0.497 e. The van der Waals surface area contributed by atoms with Gasteiger partial charge >= 0.3 is 0 Å². The van der Waals surface area contributed by atoms with E-state index in [-0.39, 0.29) is 5.91 Å². The monoisotopic (exact) mass is 243 g/mol. The van der Waals surface area contributed by atoms with Crippen LogP contribution >= 0.6 is 0 Å². The van der Waals surface area contributed by atoms with Gasteiger partial charge in [0.1, 0.15) is 5.75 Å². The van der Waals surface area contributed by atoms with Crippen LogP contribution in [0.3, 0.4) is 0 Å². The number of rotatable bonds is 1. The van der Waals surface area contributed by atoms with Gasteiger partial charge in [-0.2, -0.15) is 0 Å². The lowest BCUT2D eigenvalue weighted by Crippen LogP contribution is -2.32. The van der Waals surface area contributed by atoms with Gasteiger partial charge in [-0.15, -0.1) is 0 Å². The Hall–Kier alpha value is -1.77. The summed E-state index contributed by atoms with van der Waals surface area (Å²) in [6.45, 7) is 0. The van der Waals surface area contributed by atoms with E-state index in [1.807, 2.05) is 6.07 Å². The van der Waals surface area contributed by atoms with Gasteiger partial charge in [-0.05, 0) is 54.5 Å². The van der Waals surface area contributed by atoms with Crippen molar-refractivity contribution in [2.45, 2.75) is 25.7 Å². The van der Waals surface area contributed by atoms with E-state index in [1.54, 1.807) is 7.11 Å². The first kappa shape index (κ1) is 11.3. The zero-order chi connectivity index (χ0) is 12.5. The van der Waals surface area contributed by atoms with Gasteiger partial charge in [-0.1, -0.05) is 6.07 Å². The highest BCUT2D eigenvalue weighted by Gasteiger charge is 2.25. The summed E-state index contributed by atoms with van der Waals surface area (Å²) in [7, 11) is 1.69. The Balaban J connectivity index is 1.98. The van der Waals surface area contributed by atoms with E-state index >= 15 is 0 Å². The fourth-order valence-corrected chi connectivity index (χ4v) is 2.80. The van der Waals surface area contributed by atoms with Gasteiger partial charge in [0.2, 0.25) is 5.91 Å². The number of carbonyl (C=O) groups is 1. The largest absolute Gasteiger partial charge is 0.497 e. The second kappa shape index (κ2) is 4.48. The molecule has 1 aliphatic heterocycles. The van der Waals surface area contributed by atoms with E-state index in [4.69, 9.17) is 4.74 Å². The molecule has 18 heavy (non-hydrogen) atoms. The molecule has 3 heteroatoms. The molecule has 1 heterocycles. The molecule has 3 nitrogen and oxygen atoms in total. The summed E-state index contributed by atoms with van der Waals surface area (Å²) in [4.78, 5) is 11.5. The summed E-state index contributed by atoms with van der Waals surface area (Å²) in [6, 6.07) is 6.15. The fourth-order valence-electron chi connectivity index (χ4n) is 2.80. The summed E-state index contributed by atoms with van der Waals surface area (Å²) in [5.74, 6) is 1.55. The molecule has 0 bridgehead atoms. The minimum atomic E-state index is 0.148. The molecule has 0 aromatic heterocycles. The zero-order valence-corrected chi connectivity index (χ0v) is 10.5. The number of piperidine rings is 1. The third-order valence-electron chi connectivity index (χ3n) is 3.87. The van der Waals surface area contributed by atoms with E-state index in [9.17, 15) is 4.79 Å². The first-order valence-electron chi connectivity index (χ1n) is 6.44. The molecular formula is C15H17NO2. The van der Waals surface area contributed by atoms with Crippen LogP contribution in [0.5, 0.6) is 5.75 Å². The standard InChI is InChI=1S/C15H17NO2/c1-18-13-6-4-12-9-14-10(2-3-11(12)8-13)5-7-15(17)16-14/h4,6,8-10H,2-3,5,7H2,1H3,(H,16,17)/t10-/m0/s1. The van der Waals surface area contributed by atoms with Crippen LogP contribution in [0.25, 0.3) is 6.08 Å². The molecule has 1 atom stereocenters. The average Bonchev–Trinajstić information content (AvgIpc) is 2.56. The van der Waals surface area contributed by atoms with E-state index in [1.165, 1.54) is 11.1 Å². The Morgan fingerprint density at radius 3 is 2.94 bits per heavy atom. The molecule has 2 aliphatic rings. The van der Waals surface area contributed by atoms with Crippen LogP contribution in [-0.2, 0) is 11.2 Å². The van der Waals surface area contributed by atoms with Gasteiger partial charge in [0, 0.05) is 12.1 Å². The van der Waals surface area contributed by atoms with Crippen LogP contribution in [0, 0.1) is 5.92 Å². The Morgan fingerprint density at radius 2 is 2.11 bits per heavy atom. The normalized spacial score (nSPS) is 22.2. The average molecular weight is 243 g/mol. The Bertz CT molecular complexity index is 519. The number of aryl methyl sites for hydroxylation is 1. The molecule has 0 radical (unpaired) electrons. The Morgan fingerprint density at radius 1 is 1.28 bits per heavy atom. The van der Waals surface area contributed by atoms with Crippen molar-refractivity contribution >= 4 is 12.0 Å². The van der Waals surface area contributed by atoms with Crippen molar-refractivity contribution in [2.75, 3.05) is 7.11 Å². The number of allylic oxidation sites excluding steroid dienone is 1. The lowest BCUT2D eigenvalue weighted by Gasteiger charge is -2.24. The molecule has 0 saturated carbocycles. The van der Waals surface area contributed by atoms with Crippen molar-refractivity contribution in [1.82, 2.24) is 5.32 Å². The summed E-state index contributed by atoms with van der Waals surface area (Å²) in [6.07, 6.45) is 5.91. The molecule has 1 aliphatic carbocycles. The molecule has 0 spiro atoms. The van der Waals surface area contributed by atoms with Gasteiger partial charge < -0.3 is 10.1 Å². The van der Waals surface area contributed by atoms with E-state index in [2.05, 4.69) is 23.5 Å². The van der Waals surface area contributed by atoms with E-state index in [0.29, 0.717) is 12.3 Å². The second-order valence-electron chi connectivity index (χ2n) is 4.99. The number of benzene rings is 1. The van der Waals surface area contributed by atoms with Gasteiger partial charge in [-0.25, -0.2) is 0 Å². The Kier molecular flexibility index (Phi) is 2.82. The molecule has 1 fully saturated rings. The summed E-state index contributed by atoms with van der Waals surface area (Å²) < 4.78 is 5.27. The molecule has 1 N–H and O–H groups in total. The predicted octanol–water partition coefficient (Wildman–Crippen LogP) is 2.51. The van der Waals surface area contributed by atoms with Crippen LogP contribution < -0.4 is 10.1 Å². The first-order chi connectivity index (χ1) is 8.76. The molecule has 94 valence electrons. The number of fused-ring (bicyclic) bond motifs is 2. The molecule has 1 amide bonds. The highest BCUT2D eigenvalue weighted by atomic mass is 16.5. The summed E-state index contributed by atoms with van der Waals surface area (Å²) in [5, 5.41) is 3.02. The number of nitrogens with one attached hydrogen (secondary N) is 1. The van der Waals surface area contributed by atoms with Gasteiger partial charge in [0.05, 0.1) is 7.11 Å². The van der Waals surface area contributed by atoms with E-state index in [0.717, 1.165) is 30.7 Å². The smallest absolute Gasteiger partial charge is 0.224 e. The van der Waals surface area contributed by atoms with Crippen LogP contribution in [0.15, 0.2) is 23.9 Å². The highest BCUT2D eigenvalue weighted by Crippen LogP contribution is 2.32. The highest BCUT2D eigenvalue weighted by molar-refractivity contribution is 5.81. The van der Waals surface area contributed by atoms with Crippen molar-refractivity contribution in [3.63, 3.8) is 0 Å². The van der Waals surface area contributed by atoms with Gasteiger partial charge in [0.15, 0.2) is 0 Å². The Labute approximate surface area is 107 Å². The number of hydrogen-bond donors (Lipinski definition) is 1. The molecule has 1 saturated heterocycles. The maximum atomic E-state index is 11.5. The topological polar surface area (TPSA) is 38.3 Å². The zero-order valence-electron chi connectivity index (χ0n) is 10.5. The number of carbonyl (C=O) groups excluding carboxylic acids is 1. The van der Waals surface area contributed by atoms with Crippen LogP contribution in [0.4, 0.5) is 0 Å². The second-order valence-corrected chi connectivity index (χ2v) is 4.99. The number of methoxy groups -OCH3 is 1. The summed E-state index contributed by atoms with van der Waals surface area (Å²) in [5.41, 5.74) is 3.61. The molecule has 1 aromatic carbocycles. The molecule has 0 unspecified atom stereocenters. The predicted molar refractivity (Wildman–Crippen MR) is 70.2 cm³/mol. The van der Waals surface area contributed by atoms with Gasteiger partial charge in [-0.3, -0.25) is 4.79 Å². The van der Waals surface area contributed by atoms with Crippen LogP contribution in [0.1, 0.15) is 30.4 Å². The maximum absolute atomic E-state index is 11.5. The van der Waals surface area contributed by atoms with E-state index < -0.39 is 0 Å². The lowest BCUT2D eigenvalue weighted by atomic mass is 9.91. The van der Waals surface area contributed by atoms with Crippen LogP contribution in [-0.4, -0.2) is 13.0 Å². The minimum absolute atomic E-state index is 0.148. The number of hydrogen-bond acceptors (Lipinski definition) is 2. The molecule has 3 rings (SSSR count). The molecule has 1 aromatic rings.